The van der Waals surface area contributed by atoms with Crippen molar-refractivity contribution < 1.29 is 9.90 Å². The van der Waals surface area contributed by atoms with Crippen LogP contribution in [0, 0.1) is 0 Å². The number of hydrogen-bond donors (Lipinski definition) is 1. The zero-order chi connectivity index (χ0) is 15.8. The number of aliphatic hydroxyl groups is 1. The number of pyridine rings is 2. The van der Waals surface area contributed by atoms with Gasteiger partial charge in [0.15, 0.2) is 0 Å². The number of aromatic nitrogens is 2. The first kappa shape index (κ1) is 13.8. The molecule has 1 fully saturated rings. The molecule has 3 aromatic rings. The van der Waals surface area contributed by atoms with Gasteiger partial charge in [-0.05, 0) is 24.3 Å². The van der Waals surface area contributed by atoms with Gasteiger partial charge < -0.3 is 10.0 Å². The lowest BCUT2D eigenvalue weighted by Crippen LogP contribution is -2.53. The van der Waals surface area contributed by atoms with E-state index >= 15 is 0 Å². The van der Waals surface area contributed by atoms with Crippen molar-refractivity contribution in [3.8, 4) is 11.3 Å². The number of likely N-dealkylation sites (tertiary alicyclic amines) is 1. The van der Waals surface area contributed by atoms with Crippen LogP contribution in [0.2, 0.25) is 0 Å². The summed E-state index contributed by atoms with van der Waals surface area (Å²) in [4.78, 5) is 23.2. The molecule has 1 aliphatic heterocycles. The fraction of sp³-hybridized carbons (Fsp3) is 0.167. The fourth-order valence-electron chi connectivity index (χ4n) is 2.81. The first-order chi connectivity index (χ1) is 11.2. The molecule has 114 valence electrons. The van der Waals surface area contributed by atoms with Crippen LogP contribution >= 0.6 is 0 Å². The zero-order valence-corrected chi connectivity index (χ0v) is 12.4. The Morgan fingerprint density at radius 1 is 1.17 bits per heavy atom. The molecule has 3 heterocycles. The van der Waals surface area contributed by atoms with Crippen LogP contribution in [0.1, 0.15) is 10.4 Å². The lowest BCUT2D eigenvalue weighted by atomic mass is 10.0. The van der Waals surface area contributed by atoms with Gasteiger partial charge in [-0.3, -0.25) is 9.78 Å². The first-order valence-electron chi connectivity index (χ1n) is 7.50. The molecule has 1 aliphatic rings. The Morgan fingerprint density at radius 2 is 2.00 bits per heavy atom. The molecule has 5 heteroatoms. The molecule has 4 rings (SSSR count). The lowest BCUT2D eigenvalue weighted by Gasteiger charge is -2.36. The predicted octanol–water partition coefficient (Wildman–Crippen LogP) is 2.11. The van der Waals surface area contributed by atoms with Gasteiger partial charge in [0.05, 0.1) is 22.9 Å². The topological polar surface area (TPSA) is 66.3 Å². The molecule has 0 spiro atoms. The second kappa shape index (κ2) is 5.44. The first-order valence-corrected chi connectivity index (χ1v) is 7.50. The van der Waals surface area contributed by atoms with Crippen molar-refractivity contribution in [1.29, 1.82) is 0 Å². The summed E-state index contributed by atoms with van der Waals surface area (Å²) in [5.41, 5.74) is 2.98. The molecular weight excluding hydrogens is 290 g/mol. The Morgan fingerprint density at radius 3 is 2.74 bits per heavy atom. The number of benzene rings is 1. The molecule has 5 nitrogen and oxygen atoms in total. The Kier molecular flexibility index (Phi) is 3.28. The van der Waals surface area contributed by atoms with Gasteiger partial charge in [-0.25, -0.2) is 4.98 Å². The smallest absolute Gasteiger partial charge is 0.254 e. The van der Waals surface area contributed by atoms with Crippen molar-refractivity contribution >= 4 is 16.8 Å². The summed E-state index contributed by atoms with van der Waals surface area (Å²) >= 11 is 0. The van der Waals surface area contributed by atoms with E-state index in [2.05, 4.69) is 9.97 Å². The number of β-amino-alcohol motifs (C(OH)–C–C–N with tert-alkyl or cyclic N) is 1. The quantitative estimate of drug-likeness (QED) is 0.787. The summed E-state index contributed by atoms with van der Waals surface area (Å²) in [6.07, 6.45) is 3.03. The highest BCUT2D eigenvalue weighted by Crippen LogP contribution is 2.26. The van der Waals surface area contributed by atoms with Crippen LogP contribution in [-0.2, 0) is 0 Å². The molecule has 1 saturated heterocycles. The molecule has 0 unspecified atom stereocenters. The van der Waals surface area contributed by atoms with E-state index in [1.54, 1.807) is 17.3 Å². The van der Waals surface area contributed by atoms with Crippen molar-refractivity contribution in [2.24, 2.45) is 0 Å². The maximum atomic E-state index is 12.7. The SMILES string of the molecule is O=C(c1cc(-c2cccnc2)nc2ccccc12)N1CC(O)C1. The Hall–Kier alpha value is -2.79. The van der Waals surface area contributed by atoms with Crippen LogP contribution in [0.3, 0.4) is 0 Å². The summed E-state index contributed by atoms with van der Waals surface area (Å²) in [6.45, 7) is 0.773. The number of para-hydroxylation sites is 1. The molecule has 2 aromatic heterocycles. The van der Waals surface area contributed by atoms with Crippen LogP contribution in [0.25, 0.3) is 22.2 Å². The van der Waals surface area contributed by atoms with Gasteiger partial charge in [0, 0.05) is 36.4 Å². The van der Waals surface area contributed by atoms with E-state index in [-0.39, 0.29) is 5.91 Å². The van der Waals surface area contributed by atoms with Gasteiger partial charge in [0.2, 0.25) is 0 Å². The highest BCUT2D eigenvalue weighted by atomic mass is 16.3. The molecule has 1 amide bonds. The van der Waals surface area contributed by atoms with Crippen LogP contribution in [0.4, 0.5) is 0 Å². The minimum absolute atomic E-state index is 0.0703. The number of carbonyl (C=O) groups is 1. The highest BCUT2D eigenvalue weighted by molar-refractivity contribution is 6.07. The third-order valence-corrected chi connectivity index (χ3v) is 4.05. The summed E-state index contributed by atoms with van der Waals surface area (Å²) in [5.74, 6) is -0.0703. The van der Waals surface area contributed by atoms with Crippen molar-refractivity contribution in [1.82, 2.24) is 14.9 Å². The van der Waals surface area contributed by atoms with Gasteiger partial charge in [-0.1, -0.05) is 18.2 Å². The number of aliphatic hydroxyl groups excluding tert-OH is 1. The Labute approximate surface area is 133 Å². The summed E-state index contributed by atoms with van der Waals surface area (Å²) in [5, 5.41) is 10.3. The fourth-order valence-corrected chi connectivity index (χ4v) is 2.81. The number of amides is 1. The largest absolute Gasteiger partial charge is 0.389 e. The number of hydrogen-bond acceptors (Lipinski definition) is 4. The Bertz CT molecular complexity index is 874. The average Bonchev–Trinajstić information content (AvgIpc) is 2.58. The van der Waals surface area contributed by atoms with Gasteiger partial charge in [-0.2, -0.15) is 0 Å². The van der Waals surface area contributed by atoms with E-state index in [4.69, 9.17) is 0 Å². The number of fused-ring (bicyclic) bond motifs is 1. The minimum Gasteiger partial charge on any atom is -0.389 e. The van der Waals surface area contributed by atoms with Gasteiger partial charge in [0.25, 0.3) is 5.91 Å². The van der Waals surface area contributed by atoms with Crippen molar-refractivity contribution in [2.45, 2.75) is 6.10 Å². The highest BCUT2D eigenvalue weighted by Gasteiger charge is 2.30. The number of rotatable bonds is 2. The van der Waals surface area contributed by atoms with E-state index in [0.29, 0.717) is 18.7 Å². The number of carbonyl (C=O) groups excluding carboxylic acids is 1. The van der Waals surface area contributed by atoms with Crippen molar-refractivity contribution in [3.63, 3.8) is 0 Å². The van der Waals surface area contributed by atoms with Crippen molar-refractivity contribution in [3.05, 3.63) is 60.4 Å². The maximum absolute atomic E-state index is 12.7. The molecule has 0 aliphatic carbocycles. The summed E-state index contributed by atoms with van der Waals surface area (Å²) < 4.78 is 0. The molecule has 1 aromatic carbocycles. The monoisotopic (exact) mass is 305 g/mol. The van der Waals surface area contributed by atoms with Crippen LogP contribution in [0.15, 0.2) is 54.9 Å². The molecule has 0 radical (unpaired) electrons. The van der Waals surface area contributed by atoms with Crippen LogP contribution in [-0.4, -0.2) is 45.1 Å². The van der Waals surface area contributed by atoms with E-state index in [1.807, 2.05) is 42.5 Å². The lowest BCUT2D eigenvalue weighted by molar-refractivity contribution is 0.00603. The van der Waals surface area contributed by atoms with Crippen LogP contribution < -0.4 is 0 Å². The molecule has 0 atom stereocenters. The van der Waals surface area contributed by atoms with Gasteiger partial charge >= 0.3 is 0 Å². The second-order valence-electron chi connectivity index (χ2n) is 5.68. The Balaban J connectivity index is 1.86. The molecule has 0 bridgehead atoms. The average molecular weight is 305 g/mol. The zero-order valence-electron chi connectivity index (χ0n) is 12.4. The van der Waals surface area contributed by atoms with E-state index in [0.717, 1.165) is 22.2 Å². The maximum Gasteiger partial charge on any atom is 0.254 e. The third kappa shape index (κ3) is 2.45. The standard InChI is InChI=1S/C18H15N3O2/c22-13-10-21(11-13)18(23)15-8-17(12-4-3-7-19-9-12)20-16-6-2-1-5-14(15)16/h1-9,13,22H,10-11H2. The summed E-state index contributed by atoms with van der Waals surface area (Å²) in [6, 6.07) is 13.2. The number of nitrogens with zero attached hydrogens (tertiary/aromatic N) is 3. The van der Waals surface area contributed by atoms with Gasteiger partial charge in [-0.15, -0.1) is 0 Å². The third-order valence-electron chi connectivity index (χ3n) is 4.05. The van der Waals surface area contributed by atoms with E-state index in [1.165, 1.54) is 0 Å². The van der Waals surface area contributed by atoms with Crippen LogP contribution in [0.5, 0.6) is 0 Å². The van der Waals surface area contributed by atoms with E-state index in [9.17, 15) is 9.90 Å². The molecule has 1 N–H and O–H groups in total. The van der Waals surface area contributed by atoms with Crippen molar-refractivity contribution in [2.75, 3.05) is 13.1 Å². The predicted molar refractivity (Wildman–Crippen MR) is 86.9 cm³/mol. The second-order valence-corrected chi connectivity index (χ2v) is 5.68. The molecule has 23 heavy (non-hydrogen) atoms. The molecule has 0 saturated carbocycles. The summed E-state index contributed by atoms with van der Waals surface area (Å²) in [7, 11) is 0. The minimum atomic E-state index is -0.412. The van der Waals surface area contributed by atoms with E-state index < -0.39 is 6.10 Å². The molecular formula is C18H15N3O2. The normalized spacial score (nSPS) is 14.7. The van der Waals surface area contributed by atoms with Gasteiger partial charge in [0.1, 0.15) is 0 Å².